The van der Waals surface area contributed by atoms with Gasteiger partial charge in [0.1, 0.15) is 12.4 Å². The highest BCUT2D eigenvalue weighted by Crippen LogP contribution is 2.24. The first-order chi connectivity index (χ1) is 16.0. The molecule has 1 atom stereocenters. The number of nitrogens with zero attached hydrogens (tertiary/aromatic N) is 5. The molecule has 1 aliphatic rings. The molecule has 0 spiro atoms. The third kappa shape index (κ3) is 5.81. The summed E-state index contributed by atoms with van der Waals surface area (Å²) in [5.41, 5.74) is 1.57. The lowest BCUT2D eigenvalue weighted by molar-refractivity contribution is -0.135. The van der Waals surface area contributed by atoms with E-state index in [0.717, 1.165) is 5.56 Å². The lowest BCUT2D eigenvalue weighted by atomic mass is 10.0. The Morgan fingerprint density at radius 3 is 2.76 bits per heavy atom. The topological polar surface area (TPSA) is 114 Å². The van der Waals surface area contributed by atoms with Gasteiger partial charge in [-0.15, -0.1) is 0 Å². The maximum Gasteiger partial charge on any atom is 0.387 e. The van der Waals surface area contributed by atoms with Gasteiger partial charge in [0.15, 0.2) is 6.19 Å². The average Bonchev–Trinajstić information content (AvgIpc) is 3.24. The third-order valence-corrected chi connectivity index (χ3v) is 4.82. The Morgan fingerprint density at radius 2 is 2.12 bits per heavy atom. The van der Waals surface area contributed by atoms with E-state index in [4.69, 9.17) is 0 Å². The normalized spacial score (nSPS) is 15.8. The van der Waals surface area contributed by atoms with Crippen molar-refractivity contribution in [2.24, 2.45) is 10.1 Å². The number of aliphatic hydroxyl groups excluding tert-OH is 1. The van der Waals surface area contributed by atoms with E-state index in [0.29, 0.717) is 12.3 Å². The Bertz CT molecular complexity index is 1070. The van der Waals surface area contributed by atoms with Crippen LogP contribution < -0.4 is 10.1 Å². The number of hydrogen-bond acceptors (Lipinski definition) is 6. The van der Waals surface area contributed by atoms with Crippen molar-refractivity contribution >= 4 is 23.3 Å². The van der Waals surface area contributed by atoms with Gasteiger partial charge in [-0.3, -0.25) is 10.1 Å². The SMILES string of the molecule is CCN(C(=O)CO)C1CN(C(=Nc2cccc(OC(F)F)c2)NC#N)N=C1c1ccccc1. The second-order valence-corrected chi connectivity index (χ2v) is 6.84. The summed E-state index contributed by atoms with van der Waals surface area (Å²) >= 11 is 0. The minimum absolute atomic E-state index is 0.0372. The van der Waals surface area contributed by atoms with Crippen LogP contribution in [-0.2, 0) is 4.79 Å². The van der Waals surface area contributed by atoms with Crippen molar-refractivity contribution in [3.05, 3.63) is 60.2 Å². The number of guanidine groups is 1. The van der Waals surface area contributed by atoms with Gasteiger partial charge in [0.05, 0.1) is 24.0 Å². The first-order valence-electron chi connectivity index (χ1n) is 10.1. The van der Waals surface area contributed by atoms with Gasteiger partial charge in [-0.1, -0.05) is 36.4 Å². The number of carbonyl (C=O) groups excluding carboxylic acids is 1. The smallest absolute Gasteiger partial charge is 0.387 e. The van der Waals surface area contributed by atoms with Crippen molar-refractivity contribution in [2.45, 2.75) is 19.6 Å². The minimum Gasteiger partial charge on any atom is -0.435 e. The zero-order chi connectivity index (χ0) is 23.8. The lowest BCUT2D eigenvalue weighted by Gasteiger charge is -2.28. The van der Waals surface area contributed by atoms with Crippen molar-refractivity contribution < 1.29 is 23.4 Å². The van der Waals surface area contributed by atoms with E-state index in [1.165, 1.54) is 28.1 Å². The van der Waals surface area contributed by atoms with Gasteiger partial charge in [0.25, 0.3) is 0 Å². The zero-order valence-electron chi connectivity index (χ0n) is 17.7. The molecule has 9 nitrogen and oxygen atoms in total. The van der Waals surface area contributed by atoms with Crippen molar-refractivity contribution in [3.8, 4) is 11.9 Å². The van der Waals surface area contributed by atoms with E-state index in [2.05, 4.69) is 20.1 Å². The molecule has 0 bridgehead atoms. The summed E-state index contributed by atoms with van der Waals surface area (Å²) in [7, 11) is 0. The Hall–Kier alpha value is -4.04. The molecule has 33 heavy (non-hydrogen) atoms. The molecule has 2 N–H and O–H groups in total. The van der Waals surface area contributed by atoms with Crippen LogP contribution in [0.5, 0.6) is 5.75 Å². The maximum absolute atomic E-state index is 12.5. The number of carbonyl (C=O) groups is 1. The number of aliphatic imine (C=N–C) groups is 1. The van der Waals surface area contributed by atoms with Crippen LogP contribution in [0.3, 0.4) is 0 Å². The minimum atomic E-state index is -2.98. The van der Waals surface area contributed by atoms with Crippen molar-refractivity contribution in [1.82, 2.24) is 15.2 Å². The van der Waals surface area contributed by atoms with E-state index in [-0.39, 0.29) is 23.9 Å². The van der Waals surface area contributed by atoms with Gasteiger partial charge in [-0.25, -0.2) is 10.0 Å². The number of hydrogen-bond donors (Lipinski definition) is 2. The highest BCUT2D eigenvalue weighted by molar-refractivity contribution is 6.08. The average molecular weight is 456 g/mol. The number of aliphatic hydroxyl groups is 1. The number of alkyl halides is 2. The number of rotatable bonds is 7. The first-order valence-corrected chi connectivity index (χ1v) is 10.1. The van der Waals surface area contributed by atoms with Crippen LogP contribution in [0.4, 0.5) is 14.5 Å². The fourth-order valence-corrected chi connectivity index (χ4v) is 3.44. The number of ether oxygens (including phenoxy) is 1. The Balaban J connectivity index is 2.00. The Morgan fingerprint density at radius 1 is 1.36 bits per heavy atom. The highest BCUT2D eigenvalue weighted by Gasteiger charge is 2.36. The van der Waals surface area contributed by atoms with Crippen LogP contribution in [-0.4, -0.2) is 64.9 Å². The molecule has 0 saturated carbocycles. The fraction of sp³-hybridized carbons (Fsp3) is 0.273. The number of nitriles is 1. The molecule has 0 fully saturated rings. The molecule has 1 amide bonds. The molecule has 1 aliphatic heterocycles. The largest absolute Gasteiger partial charge is 0.435 e. The van der Waals surface area contributed by atoms with Crippen LogP contribution >= 0.6 is 0 Å². The molecule has 1 unspecified atom stereocenters. The summed E-state index contributed by atoms with van der Waals surface area (Å²) < 4.78 is 29.5. The highest BCUT2D eigenvalue weighted by atomic mass is 19.3. The fourth-order valence-electron chi connectivity index (χ4n) is 3.44. The third-order valence-electron chi connectivity index (χ3n) is 4.82. The molecule has 0 aliphatic carbocycles. The van der Waals surface area contributed by atoms with Gasteiger partial charge >= 0.3 is 6.61 Å². The zero-order valence-corrected chi connectivity index (χ0v) is 17.7. The molecule has 0 saturated heterocycles. The maximum atomic E-state index is 12.5. The van der Waals surface area contributed by atoms with E-state index in [1.54, 1.807) is 19.2 Å². The molecule has 3 rings (SSSR count). The predicted octanol–water partition coefficient (Wildman–Crippen LogP) is 2.28. The first kappa shape index (κ1) is 23.6. The summed E-state index contributed by atoms with van der Waals surface area (Å²) in [5.74, 6) is -0.507. The van der Waals surface area contributed by atoms with Crippen LogP contribution in [0.1, 0.15) is 12.5 Å². The Kier molecular flexibility index (Phi) is 7.88. The number of hydrazone groups is 1. The van der Waals surface area contributed by atoms with Crippen LogP contribution in [0, 0.1) is 11.5 Å². The number of nitrogens with one attached hydrogen (secondary N) is 1. The monoisotopic (exact) mass is 456 g/mol. The molecule has 2 aromatic rings. The van der Waals surface area contributed by atoms with E-state index >= 15 is 0 Å². The van der Waals surface area contributed by atoms with Crippen LogP contribution in [0.2, 0.25) is 0 Å². The second kappa shape index (κ2) is 11.0. The quantitative estimate of drug-likeness (QED) is 0.286. The number of halogens is 2. The summed E-state index contributed by atoms with van der Waals surface area (Å²) in [6.07, 6.45) is 1.79. The summed E-state index contributed by atoms with van der Waals surface area (Å²) in [6, 6.07) is 14.4. The predicted molar refractivity (Wildman–Crippen MR) is 117 cm³/mol. The van der Waals surface area contributed by atoms with Crippen molar-refractivity contribution in [2.75, 3.05) is 19.7 Å². The Labute approximate surface area is 189 Å². The molecule has 0 radical (unpaired) electrons. The van der Waals surface area contributed by atoms with Gasteiger partial charge in [0, 0.05) is 12.6 Å². The van der Waals surface area contributed by atoms with E-state index in [9.17, 15) is 23.9 Å². The lowest BCUT2D eigenvalue weighted by Crippen LogP contribution is -2.49. The second-order valence-electron chi connectivity index (χ2n) is 6.84. The summed E-state index contributed by atoms with van der Waals surface area (Å²) in [4.78, 5) is 18.2. The molecule has 1 heterocycles. The van der Waals surface area contributed by atoms with Crippen molar-refractivity contribution in [1.29, 1.82) is 5.26 Å². The number of likely N-dealkylation sites (N-methyl/N-ethyl adjacent to an activating group) is 1. The van der Waals surface area contributed by atoms with Crippen molar-refractivity contribution in [3.63, 3.8) is 0 Å². The number of benzene rings is 2. The summed E-state index contributed by atoms with van der Waals surface area (Å²) in [6.45, 7) is -1.36. The van der Waals surface area contributed by atoms with E-state index < -0.39 is 25.2 Å². The van der Waals surface area contributed by atoms with Gasteiger partial charge in [-0.2, -0.15) is 19.1 Å². The summed E-state index contributed by atoms with van der Waals surface area (Å²) in [5, 5.41) is 27.1. The molecule has 11 heteroatoms. The molecular weight excluding hydrogens is 434 g/mol. The van der Waals surface area contributed by atoms with Crippen LogP contribution in [0.15, 0.2) is 64.7 Å². The van der Waals surface area contributed by atoms with Crippen LogP contribution in [0.25, 0.3) is 0 Å². The standard InChI is InChI=1S/C22H22F2N6O3/c1-2-29(19(32)13-31)18-12-30(28-20(18)15-7-4-3-5-8-15)22(26-14-25)27-16-9-6-10-17(11-16)33-21(23)24/h3-11,18,21,31H,2,12-13H2,1H3,(H,26,27). The molecule has 2 aromatic carbocycles. The van der Waals surface area contributed by atoms with Gasteiger partial charge in [-0.05, 0) is 24.6 Å². The molecule has 0 aromatic heterocycles. The van der Waals surface area contributed by atoms with Gasteiger partial charge in [0.2, 0.25) is 11.9 Å². The number of amides is 1. The molecular formula is C22H22F2N6O3. The van der Waals surface area contributed by atoms with Gasteiger partial charge < -0.3 is 14.7 Å². The molecule has 172 valence electrons. The van der Waals surface area contributed by atoms with E-state index in [1.807, 2.05) is 30.3 Å².